The number of hydrogen-bond donors (Lipinski definition) is 1. The number of carbonyl (C=O) groups is 1. The van der Waals surface area contributed by atoms with E-state index in [0.717, 1.165) is 0 Å². The Morgan fingerprint density at radius 2 is 2.12 bits per heavy atom. The van der Waals surface area contributed by atoms with Crippen molar-refractivity contribution in [1.29, 1.82) is 0 Å². The van der Waals surface area contributed by atoms with E-state index in [-0.39, 0.29) is 10.7 Å². The number of pyridine rings is 1. The quantitative estimate of drug-likeness (QED) is 0.861. The summed E-state index contributed by atoms with van der Waals surface area (Å²) in [7, 11) is 0. The third kappa shape index (κ3) is 3.15. The van der Waals surface area contributed by atoms with E-state index in [9.17, 15) is 4.79 Å². The van der Waals surface area contributed by atoms with E-state index in [0.29, 0.717) is 10.1 Å². The molecule has 0 saturated carbocycles. The number of carboxylic acid groups (broad SMARTS) is 1. The van der Waals surface area contributed by atoms with Crippen LogP contribution in [0.15, 0.2) is 40.8 Å². The Kier molecular flexibility index (Phi) is 3.55. The molecule has 0 aliphatic carbocycles. The van der Waals surface area contributed by atoms with Crippen molar-refractivity contribution < 1.29 is 9.90 Å². The highest BCUT2D eigenvalue weighted by Gasteiger charge is 2.09. The summed E-state index contributed by atoms with van der Waals surface area (Å²) >= 11 is 6.94. The largest absolute Gasteiger partial charge is 0.478 e. The van der Waals surface area contributed by atoms with Gasteiger partial charge in [0.1, 0.15) is 15.2 Å². The van der Waals surface area contributed by atoms with Gasteiger partial charge in [0.25, 0.3) is 0 Å². The van der Waals surface area contributed by atoms with Crippen molar-refractivity contribution in [3.63, 3.8) is 0 Å². The molecule has 2 aromatic heterocycles. The summed E-state index contributed by atoms with van der Waals surface area (Å²) < 4.78 is 0. The maximum absolute atomic E-state index is 10.8. The Balaban J connectivity index is 2.30. The van der Waals surface area contributed by atoms with Gasteiger partial charge in [-0.3, -0.25) is 4.98 Å². The molecule has 0 aliphatic heterocycles. The minimum absolute atomic E-state index is 0.0939. The van der Waals surface area contributed by atoms with E-state index in [1.54, 1.807) is 18.6 Å². The van der Waals surface area contributed by atoms with Crippen LogP contribution in [0, 0.1) is 0 Å². The highest BCUT2D eigenvalue weighted by atomic mass is 35.5. The summed E-state index contributed by atoms with van der Waals surface area (Å²) in [6.07, 6.45) is 4.66. The topological polar surface area (TPSA) is 76.0 Å². The highest BCUT2D eigenvalue weighted by Crippen LogP contribution is 2.25. The van der Waals surface area contributed by atoms with Crippen LogP contribution in [-0.4, -0.2) is 26.0 Å². The molecule has 0 spiro atoms. The van der Waals surface area contributed by atoms with Crippen LogP contribution >= 0.6 is 23.4 Å². The Morgan fingerprint density at radius 1 is 1.29 bits per heavy atom. The normalized spacial score (nSPS) is 10.2. The highest BCUT2D eigenvalue weighted by molar-refractivity contribution is 7.99. The molecule has 86 valence electrons. The molecule has 0 bridgehead atoms. The second kappa shape index (κ2) is 5.11. The molecule has 5 nitrogen and oxygen atoms in total. The van der Waals surface area contributed by atoms with Gasteiger partial charge in [0.15, 0.2) is 0 Å². The first-order valence-electron chi connectivity index (χ1n) is 4.50. The van der Waals surface area contributed by atoms with E-state index < -0.39 is 5.97 Å². The zero-order valence-corrected chi connectivity index (χ0v) is 9.94. The van der Waals surface area contributed by atoms with Gasteiger partial charge in [-0.25, -0.2) is 14.8 Å². The monoisotopic (exact) mass is 267 g/mol. The molecular weight excluding hydrogens is 262 g/mol. The molecule has 7 heteroatoms. The SMILES string of the molecule is O=C(O)c1cc(Cl)nc(Sc2cnccn2)c1. The number of hydrogen-bond acceptors (Lipinski definition) is 5. The van der Waals surface area contributed by atoms with Crippen LogP contribution < -0.4 is 0 Å². The number of carboxylic acids is 1. The van der Waals surface area contributed by atoms with Gasteiger partial charge in [-0.15, -0.1) is 0 Å². The average molecular weight is 268 g/mol. The summed E-state index contributed by atoms with van der Waals surface area (Å²) in [4.78, 5) is 22.8. The van der Waals surface area contributed by atoms with E-state index in [1.807, 2.05) is 0 Å². The molecule has 0 fully saturated rings. The lowest BCUT2D eigenvalue weighted by molar-refractivity contribution is 0.0696. The molecule has 0 aliphatic rings. The van der Waals surface area contributed by atoms with Gasteiger partial charge in [-0.05, 0) is 23.9 Å². The molecule has 0 saturated heterocycles. The van der Waals surface area contributed by atoms with Crippen LogP contribution in [0.5, 0.6) is 0 Å². The molecule has 0 unspecified atom stereocenters. The predicted molar refractivity (Wildman–Crippen MR) is 62.4 cm³/mol. The van der Waals surface area contributed by atoms with Crippen molar-refractivity contribution in [3.05, 3.63) is 41.4 Å². The van der Waals surface area contributed by atoms with Crippen molar-refractivity contribution in [2.45, 2.75) is 10.1 Å². The number of halogens is 1. The van der Waals surface area contributed by atoms with Crippen LogP contribution in [0.1, 0.15) is 10.4 Å². The van der Waals surface area contributed by atoms with E-state index in [4.69, 9.17) is 16.7 Å². The summed E-state index contributed by atoms with van der Waals surface area (Å²) in [6, 6.07) is 2.73. The van der Waals surface area contributed by atoms with Gasteiger partial charge in [0, 0.05) is 12.4 Å². The molecule has 1 N–H and O–H groups in total. The van der Waals surface area contributed by atoms with Gasteiger partial charge >= 0.3 is 5.97 Å². The second-order valence-corrected chi connectivity index (χ2v) is 4.40. The Labute approximate surface area is 106 Å². The van der Waals surface area contributed by atoms with Gasteiger partial charge in [0.2, 0.25) is 0 Å². The first-order valence-corrected chi connectivity index (χ1v) is 5.69. The minimum Gasteiger partial charge on any atom is -0.478 e. The number of nitrogens with zero attached hydrogens (tertiary/aromatic N) is 3. The van der Waals surface area contributed by atoms with Crippen molar-refractivity contribution in [2.24, 2.45) is 0 Å². The van der Waals surface area contributed by atoms with Crippen LogP contribution in [0.2, 0.25) is 5.15 Å². The molecule has 17 heavy (non-hydrogen) atoms. The lowest BCUT2D eigenvalue weighted by Crippen LogP contribution is -1.97. The number of aromatic nitrogens is 3. The fourth-order valence-electron chi connectivity index (χ4n) is 1.09. The molecule has 2 heterocycles. The lowest BCUT2D eigenvalue weighted by atomic mass is 10.3. The smallest absolute Gasteiger partial charge is 0.335 e. The van der Waals surface area contributed by atoms with E-state index in [2.05, 4.69) is 15.0 Å². The molecule has 0 atom stereocenters. The van der Waals surface area contributed by atoms with Crippen molar-refractivity contribution in [3.8, 4) is 0 Å². The Bertz CT molecular complexity index is 551. The fourth-order valence-corrected chi connectivity index (χ4v) is 2.12. The maximum atomic E-state index is 10.8. The maximum Gasteiger partial charge on any atom is 0.335 e. The van der Waals surface area contributed by atoms with Crippen LogP contribution in [0.4, 0.5) is 0 Å². The standard InChI is InChI=1S/C10H6ClN3O2S/c11-7-3-6(10(15)16)4-8(14-7)17-9-5-12-1-2-13-9/h1-5H,(H,15,16). The first-order chi connectivity index (χ1) is 8.15. The zero-order valence-electron chi connectivity index (χ0n) is 8.37. The molecule has 2 aromatic rings. The summed E-state index contributed by atoms with van der Waals surface area (Å²) in [6.45, 7) is 0. The third-order valence-corrected chi connectivity index (χ3v) is 2.80. The molecule has 2 rings (SSSR count). The van der Waals surface area contributed by atoms with Crippen molar-refractivity contribution in [2.75, 3.05) is 0 Å². The summed E-state index contributed by atoms with van der Waals surface area (Å²) in [5, 5.41) is 10.1. The number of aromatic carboxylic acids is 1. The van der Waals surface area contributed by atoms with E-state index >= 15 is 0 Å². The van der Waals surface area contributed by atoms with Gasteiger partial charge in [0.05, 0.1) is 11.8 Å². The summed E-state index contributed by atoms with van der Waals surface area (Å²) in [5.74, 6) is -1.05. The summed E-state index contributed by atoms with van der Waals surface area (Å²) in [5.41, 5.74) is 0.0939. The minimum atomic E-state index is -1.05. The molecule has 0 radical (unpaired) electrons. The Morgan fingerprint density at radius 3 is 2.76 bits per heavy atom. The zero-order chi connectivity index (χ0) is 12.3. The average Bonchev–Trinajstić information content (AvgIpc) is 2.29. The van der Waals surface area contributed by atoms with E-state index in [1.165, 1.54) is 23.9 Å². The third-order valence-electron chi connectivity index (χ3n) is 1.77. The van der Waals surface area contributed by atoms with Gasteiger partial charge in [-0.2, -0.15) is 0 Å². The molecule has 0 aromatic carbocycles. The first kappa shape index (κ1) is 11.8. The second-order valence-electron chi connectivity index (χ2n) is 2.97. The van der Waals surface area contributed by atoms with Gasteiger partial charge in [-0.1, -0.05) is 11.6 Å². The fraction of sp³-hybridized carbons (Fsp3) is 0. The predicted octanol–water partition coefficient (Wildman–Crippen LogP) is 2.37. The van der Waals surface area contributed by atoms with Crippen molar-refractivity contribution in [1.82, 2.24) is 15.0 Å². The molecular formula is C10H6ClN3O2S. The molecule has 0 amide bonds. The van der Waals surface area contributed by atoms with Crippen LogP contribution in [-0.2, 0) is 0 Å². The van der Waals surface area contributed by atoms with Crippen LogP contribution in [0.25, 0.3) is 0 Å². The van der Waals surface area contributed by atoms with Crippen molar-refractivity contribution >= 4 is 29.3 Å². The van der Waals surface area contributed by atoms with Gasteiger partial charge < -0.3 is 5.11 Å². The van der Waals surface area contributed by atoms with Crippen LogP contribution in [0.3, 0.4) is 0 Å². The Hall–Kier alpha value is -1.66. The lowest BCUT2D eigenvalue weighted by Gasteiger charge is -2.01. The number of rotatable bonds is 3.